The van der Waals surface area contributed by atoms with Crippen molar-refractivity contribution in [2.45, 2.75) is 90.1 Å². The average molecular weight is 615 g/mol. The quantitative estimate of drug-likeness (QED) is 0.148. The largest absolute Gasteiger partial charge is 0.342 e. The Kier molecular flexibility index (Phi) is 18.5. The molecule has 0 aromatic carbocycles. The minimum Gasteiger partial charge on any atom is -0.342 e. The summed E-state index contributed by atoms with van der Waals surface area (Å²) in [5.41, 5.74) is 0.923. The van der Waals surface area contributed by atoms with E-state index in [0.717, 1.165) is 23.0 Å². The molecule has 230 valence electrons. The van der Waals surface area contributed by atoms with Gasteiger partial charge in [0.1, 0.15) is 0 Å². The molecule has 0 radical (unpaired) electrons. The van der Waals surface area contributed by atoms with Gasteiger partial charge < -0.3 is 10.6 Å². The first-order chi connectivity index (χ1) is 20.4. The number of carbonyl (C=O) groups excluding carboxylic acids is 4. The monoisotopic (exact) mass is 614 g/mol. The van der Waals surface area contributed by atoms with E-state index in [-0.39, 0.29) is 23.4 Å². The molecule has 0 spiro atoms. The first kappa shape index (κ1) is 35.5. The number of amides is 2. The summed E-state index contributed by atoms with van der Waals surface area (Å²) in [6, 6.07) is 5.79. The highest BCUT2D eigenvalue weighted by Gasteiger charge is 2.17. The van der Waals surface area contributed by atoms with Crippen LogP contribution in [0.3, 0.4) is 0 Å². The van der Waals surface area contributed by atoms with Crippen LogP contribution in [0.2, 0.25) is 0 Å². The first-order valence-corrected chi connectivity index (χ1v) is 17.3. The van der Waals surface area contributed by atoms with Crippen LogP contribution in [-0.2, 0) is 9.59 Å². The third kappa shape index (κ3) is 15.5. The van der Waals surface area contributed by atoms with Crippen molar-refractivity contribution < 1.29 is 19.2 Å². The summed E-state index contributed by atoms with van der Waals surface area (Å²) in [6.07, 6.45) is 17.0. The van der Waals surface area contributed by atoms with Gasteiger partial charge in [0.15, 0.2) is 11.6 Å². The van der Waals surface area contributed by atoms with Crippen molar-refractivity contribution in [2.75, 3.05) is 23.0 Å². The van der Waals surface area contributed by atoms with Crippen LogP contribution in [0.4, 0.5) is 0 Å². The van der Waals surface area contributed by atoms with Gasteiger partial charge in [0.05, 0.1) is 23.2 Å². The maximum absolute atomic E-state index is 12.3. The Bertz CT molecular complexity index is 987. The molecule has 2 rings (SSSR count). The molecule has 0 saturated carbocycles. The number of Topliss-reactive ketones (excluding diaryl/α,β-unsaturated/α-hetero) is 2. The summed E-state index contributed by atoms with van der Waals surface area (Å²) < 4.78 is 0. The van der Waals surface area contributed by atoms with Gasteiger partial charge in [-0.1, -0.05) is 38.5 Å². The van der Waals surface area contributed by atoms with E-state index >= 15 is 0 Å². The highest BCUT2D eigenvalue weighted by molar-refractivity contribution is 7.99. The average Bonchev–Trinajstić information content (AvgIpc) is 3.01. The molecule has 2 aromatic heterocycles. The molecule has 0 saturated heterocycles. The summed E-state index contributed by atoms with van der Waals surface area (Å²) in [5.74, 6) is 3.30. The first-order valence-electron chi connectivity index (χ1n) is 15.0. The van der Waals surface area contributed by atoms with Crippen molar-refractivity contribution in [1.82, 2.24) is 20.6 Å². The number of ketones is 2. The Morgan fingerprint density at radius 1 is 0.619 bits per heavy atom. The molecule has 2 N–H and O–H groups in total. The van der Waals surface area contributed by atoms with Gasteiger partial charge in [0.2, 0.25) is 0 Å². The lowest BCUT2D eigenvalue weighted by Gasteiger charge is -2.12. The number of hydrogen-bond acceptors (Lipinski definition) is 8. The zero-order chi connectivity index (χ0) is 30.4. The Morgan fingerprint density at radius 2 is 1.00 bits per heavy atom. The van der Waals surface area contributed by atoms with E-state index in [2.05, 4.69) is 20.6 Å². The molecule has 2 atom stereocenters. The number of carbonyl (C=O) groups is 4. The molecule has 0 aliphatic carbocycles. The van der Waals surface area contributed by atoms with E-state index in [9.17, 15) is 19.2 Å². The van der Waals surface area contributed by atoms with Gasteiger partial charge in [-0.3, -0.25) is 29.1 Å². The molecule has 2 heterocycles. The highest BCUT2D eigenvalue weighted by atomic mass is 32.2. The lowest BCUT2D eigenvalue weighted by atomic mass is 10.1. The highest BCUT2D eigenvalue weighted by Crippen LogP contribution is 2.14. The van der Waals surface area contributed by atoms with E-state index in [1.54, 1.807) is 50.5 Å². The molecule has 2 unspecified atom stereocenters. The van der Waals surface area contributed by atoms with Crippen LogP contribution in [0.1, 0.15) is 98.8 Å². The minimum atomic E-state index is -0.492. The second kappa shape index (κ2) is 21.9. The van der Waals surface area contributed by atoms with Crippen LogP contribution in [0, 0.1) is 0 Å². The SMILES string of the molecule is CC(NC(=O)c1cccnc1)C(=O)CCSCCCCCCCCCCSCCC(=O)C(C)NC(=O)c1cccnc1. The fourth-order valence-electron chi connectivity index (χ4n) is 4.17. The number of pyridine rings is 2. The van der Waals surface area contributed by atoms with Crippen molar-refractivity contribution in [3.05, 3.63) is 60.2 Å². The normalized spacial score (nSPS) is 12.3. The van der Waals surface area contributed by atoms with Gasteiger partial charge in [-0.25, -0.2) is 0 Å². The van der Waals surface area contributed by atoms with Crippen LogP contribution in [0.25, 0.3) is 0 Å². The van der Waals surface area contributed by atoms with Gasteiger partial charge in [-0.15, -0.1) is 0 Å². The lowest BCUT2D eigenvalue weighted by Crippen LogP contribution is -2.38. The predicted molar refractivity (Wildman–Crippen MR) is 173 cm³/mol. The molecule has 2 amide bonds. The zero-order valence-corrected chi connectivity index (χ0v) is 26.6. The fourth-order valence-corrected chi connectivity index (χ4v) is 6.08. The molecule has 0 aliphatic heterocycles. The van der Waals surface area contributed by atoms with Crippen molar-refractivity contribution in [2.24, 2.45) is 0 Å². The van der Waals surface area contributed by atoms with Gasteiger partial charge in [-0.05, 0) is 62.5 Å². The van der Waals surface area contributed by atoms with Crippen LogP contribution < -0.4 is 10.6 Å². The van der Waals surface area contributed by atoms with Crippen molar-refractivity contribution in [3.8, 4) is 0 Å². The van der Waals surface area contributed by atoms with Crippen LogP contribution in [-0.4, -0.2) is 68.4 Å². The van der Waals surface area contributed by atoms with Crippen molar-refractivity contribution in [3.63, 3.8) is 0 Å². The summed E-state index contributed by atoms with van der Waals surface area (Å²) in [5, 5.41) is 5.50. The predicted octanol–water partition coefficient (Wildman–Crippen LogP) is 5.92. The lowest BCUT2D eigenvalue weighted by molar-refractivity contribution is -0.120. The van der Waals surface area contributed by atoms with Crippen LogP contribution in [0.15, 0.2) is 49.1 Å². The number of nitrogens with one attached hydrogen (secondary N) is 2. The molecular weight excluding hydrogens is 569 g/mol. The molecule has 8 nitrogen and oxygen atoms in total. The van der Waals surface area contributed by atoms with Crippen molar-refractivity contribution >= 4 is 46.9 Å². The van der Waals surface area contributed by atoms with Gasteiger partial charge in [0.25, 0.3) is 11.8 Å². The smallest absolute Gasteiger partial charge is 0.253 e. The summed E-state index contributed by atoms with van der Waals surface area (Å²) in [7, 11) is 0. The molecule has 0 aliphatic rings. The third-order valence-electron chi connectivity index (χ3n) is 6.82. The van der Waals surface area contributed by atoms with Crippen molar-refractivity contribution in [1.29, 1.82) is 0 Å². The number of unbranched alkanes of at least 4 members (excludes halogenated alkanes) is 7. The molecule has 2 aromatic rings. The molecular formula is C32H46N4O4S2. The number of hydrogen-bond donors (Lipinski definition) is 2. The second-order valence-corrected chi connectivity index (χ2v) is 12.8. The molecule has 42 heavy (non-hydrogen) atoms. The third-order valence-corrected chi connectivity index (χ3v) is 8.96. The Balaban J connectivity index is 1.33. The van der Waals surface area contributed by atoms with Crippen LogP contribution >= 0.6 is 23.5 Å². The topological polar surface area (TPSA) is 118 Å². The van der Waals surface area contributed by atoms with E-state index in [1.165, 1.54) is 63.8 Å². The van der Waals surface area contributed by atoms with Gasteiger partial charge >= 0.3 is 0 Å². The number of rotatable bonds is 23. The summed E-state index contributed by atoms with van der Waals surface area (Å²) in [4.78, 5) is 56.7. The second-order valence-electron chi connectivity index (χ2n) is 10.4. The molecule has 10 heteroatoms. The maximum atomic E-state index is 12.3. The standard InChI is InChI=1S/C32H46N4O4S2/c1-25(35-31(39)27-13-11-17-33-23-27)29(37)15-21-41-19-9-7-5-3-4-6-8-10-20-42-22-16-30(38)26(2)36-32(40)28-14-12-18-34-24-28/h11-14,17-18,23-26H,3-10,15-16,19-22H2,1-2H3,(H,35,39)(H,36,40). The minimum absolute atomic E-state index is 0.0591. The fraction of sp³-hybridized carbons (Fsp3) is 0.562. The van der Waals surface area contributed by atoms with Crippen LogP contribution in [0.5, 0.6) is 0 Å². The Hall–Kier alpha value is -2.72. The zero-order valence-electron chi connectivity index (χ0n) is 25.0. The number of thioether (sulfide) groups is 2. The van der Waals surface area contributed by atoms with Gasteiger partial charge in [0, 0.05) is 49.1 Å². The maximum Gasteiger partial charge on any atom is 0.253 e. The van der Waals surface area contributed by atoms with E-state index in [4.69, 9.17) is 0 Å². The molecule has 0 bridgehead atoms. The van der Waals surface area contributed by atoms with Gasteiger partial charge in [-0.2, -0.15) is 23.5 Å². The molecule has 0 fully saturated rings. The Labute approximate surface area is 259 Å². The summed E-state index contributed by atoms with van der Waals surface area (Å²) >= 11 is 3.63. The Morgan fingerprint density at radius 3 is 1.36 bits per heavy atom. The van der Waals surface area contributed by atoms with E-state index < -0.39 is 12.1 Å². The summed E-state index contributed by atoms with van der Waals surface area (Å²) in [6.45, 7) is 3.47. The number of nitrogens with zero attached hydrogens (tertiary/aromatic N) is 2. The van der Waals surface area contributed by atoms with E-state index in [1.807, 2.05) is 23.5 Å². The number of aromatic nitrogens is 2. The van der Waals surface area contributed by atoms with E-state index in [0.29, 0.717) is 24.0 Å².